The van der Waals surface area contributed by atoms with E-state index in [2.05, 4.69) is 65.8 Å². The topological polar surface area (TPSA) is 0 Å². The molecule has 0 spiro atoms. The predicted molar refractivity (Wildman–Crippen MR) is 98.0 cm³/mol. The molecule has 0 aliphatic rings. The van der Waals surface area contributed by atoms with Crippen molar-refractivity contribution in [3.63, 3.8) is 0 Å². The van der Waals surface area contributed by atoms with Crippen molar-refractivity contribution in [2.24, 2.45) is 0 Å². The summed E-state index contributed by atoms with van der Waals surface area (Å²) in [5.74, 6) is 0.804. The molecule has 0 radical (unpaired) electrons. The fourth-order valence-electron chi connectivity index (χ4n) is 2.33. The molecular formula is C17H21BrS2. The summed E-state index contributed by atoms with van der Waals surface area (Å²) in [6.45, 7) is 2.26. The molecule has 20 heavy (non-hydrogen) atoms. The molecule has 0 nitrogen and oxygen atoms in total. The largest absolute Gasteiger partial charge is 0.175 e. The molecule has 2 rings (SSSR count). The second kappa shape index (κ2) is 8.26. The highest BCUT2D eigenvalue weighted by Crippen LogP contribution is 2.36. The Hall–Kier alpha value is -0.250. The van der Waals surface area contributed by atoms with Gasteiger partial charge in [0, 0.05) is 10.6 Å². The summed E-state index contributed by atoms with van der Waals surface area (Å²) in [5, 5.41) is 0. The number of rotatable bonds is 7. The lowest BCUT2D eigenvalue weighted by Crippen LogP contribution is -1.87. The number of hydrogen-bond acceptors (Lipinski definition) is 2. The molecule has 0 fully saturated rings. The third kappa shape index (κ3) is 4.37. The fourth-order valence-corrected chi connectivity index (χ4v) is 4.24. The Bertz CT molecular complexity index is 528. The number of halogens is 1. The van der Waals surface area contributed by atoms with Crippen molar-refractivity contribution in [2.75, 3.05) is 0 Å². The van der Waals surface area contributed by atoms with Crippen molar-refractivity contribution in [3.05, 3.63) is 45.2 Å². The maximum Gasteiger partial charge on any atom is 0.0707 e. The van der Waals surface area contributed by atoms with E-state index in [1.165, 1.54) is 57.5 Å². The second-order valence-electron chi connectivity index (χ2n) is 5.07. The van der Waals surface area contributed by atoms with Gasteiger partial charge >= 0.3 is 0 Å². The summed E-state index contributed by atoms with van der Waals surface area (Å²) in [7, 11) is 0. The lowest BCUT2D eigenvalue weighted by atomic mass is 10.0. The fraction of sp³-hybridized carbons (Fsp3) is 0.412. The smallest absolute Gasteiger partial charge is 0.0707 e. The normalized spacial score (nSPS) is 10.9. The summed E-state index contributed by atoms with van der Waals surface area (Å²) < 4.78 is 1.23. The van der Waals surface area contributed by atoms with Gasteiger partial charge in [-0.2, -0.15) is 12.6 Å². The average molecular weight is 369 g/mol. The predicted octanol–water partition coefficient (Wildman–Crippen LogP) is 6.73. The van der Waals surface area contributed by atoms with E-state index < -0.39 is 0 Å². The highest BCUT2D eigenvalue weighted by molar-refractivity contribution is 9.11. The molecule has 0 unspecified atom stereocenters. The van der Waals surface area contributed by atoms with Gasteiger partial charge in [-0.1, -0.05) is 50.5 Å². The SMILES string of the molecule is CCCCCCc1cc(Br)sc1-c1ccc(CS)cc1. The van der Waals surface area contributed by atoms with Crippen LogP contribution in [0.5, 0.6) is 0 Å². The van der Waals surface area contributed by atoms with Crippen LogP contribution in [0.15, 0.2) is 34.1 Å². The van der Waals surface area contributed by atoms with E-state index >= 15 is 0 Å². The van der Waals surface area contributed by atoms with Gasteiger partial charge in [0.05, 0.1) is 3.79 Å². The lowest BCUT2D eigenvalue weighted by molar-refractivity contribution is 0.668. The van der Waals surface area contributed by atoms with Gasteiger partial charge in [0.2, 0.25) is 0 Å². The Morgan fingerprint density at radius 1 is 1.10 bits per heavy atom. The van der Waals surface area contributed by atoms with Crippen LogP contribution in [0.3, 0.4) is 0 Å². The molecule has 1 aromatic carbocycles. The van der Waals surface area contributed by atoms with E-state index in [1.807, 2.05) is 11.3 Å². The first-order chi connectivity index (χ1) is 9.74. The maximum absolute atomic E-state index is 4.32. The minimum absolute atomic E-state index is 0.804. The van der Waals surface area contributed by atoms with Crippen molar-refractivity contribution >= 4 is 39.9 Å². The van der Waals surface area contributed by atoms with Crippen molar-refractivity contribution in [3.8, 4) is 10.4 Å². The van der Waals surface area contributed by atoms with Crippen LogP contribution < -0.4 is 0 Å². The van der Waals surface area contributed by atoms with Crippen molar-refractivity contribution in [1.29, 1.82) is 0 Å². The van der Waals surface area contributed by atoms with Gasteiger partial charge in [-0.25, -0.2) is 0 Å². The van der Waals surface area contributed by atoms with Crippen LogP contribution >= 0.6 is 39.9 Å². The molecule has 0 saturated heterocycles. The van der Waals surface area contributed by atoms with E-state index in [9.17, 15) is 0 Å². The first-order valence-corrected chi connectivity index (χ1v) is 9.47. The van der Waals surface area contributed by atoms with Gasteiger partial charge in [0.1, 0.15) is 0 Å². The zero-order valence-corrected chi connectivity index (χ0v) is 15.2. The van der Waals surface area contributed by atoms with E-state index in [0.29, 0.717) is 0 Å². The Kier molecular flexibility index (Phi) is 6.66. The average Bonchev–Trinajstić information content (AvgIpc) is 2.85. The van der Waals surface area contributed by atoms with E-state index in [-0.39, 0.29) is 0 Å². The molecule has 0 amide bonds. The lowest BCUT2D eigenvalue weighted by Gasteiger charge is -2.05. The standard InChI is InChI=1S/C17H21BrS2/c1-2-3-4-5-6-15-11-16(18)20-17(15)14-9-7-13(12-19)8-10-14/h7-11,19H,2-6,12H2,1H3. The second-order valence-corrected chi connectivity index (χ2v) is 7.82. The minimum Gasteiger partial charge on any atom is -0.175 e. The molecule has 1 aromatic heterocycles. The Morgan fingerprint density at radius 2 is 1.85 bits per heavy atom. The molecule has 0 bridgehead atoms. The zero-order valence-electron chi connectivity index (χ0n) is 11.9. The van der Waals surface area contributed by atoms with Crippen molar-refractivity contribution in [1.82, 2.24) is 0 Å². The monoisotopic (exact) mass is 368 g/mol. The van der Waals surface area contributed by atoms with Gasteiger partial charge in [0.25, 0.3) is 0 Å². The van der Waals surface area contributed by atoms with Crippen LogP contribution in [-0.4, -0.2) is 0 Å². The number of unbranched alkanes of at least 4 members (excludes halogenated alkanes) is 3. The number of aryl methyl sites for hydroxylation is 1. The van der Waals surface area contributed by atoms with Gasteiger partial charge < -0.3 is 0 Å². The van der Waals surface area contributed by atoms with Crippen LogP contribution in [0.25, 0.3) is 10.4 Å². The van der Waals surface area contributed by atoms with Crippen LogP contribution in [0.2, 0.25) is 0 Å². The first-order valence-electron chi connectivity index (χ1n) is 7.23. The summed E-state index contributed by atoms with van der Waals surface area (Å²) in [5.41, 5.74) is 4.09. The van der Waals surface area contributed by atoms with Crippen LogP contribution in [0, 0.1) is 0 Å². The molecule has 3 heteroatoms. The number of benzene rings is 1. The van der Waals surface area contributed by atoms with Crippen LogP contribution in [0.4, 0.5) is 0 Å². The zero-order chi connectivity index (χ0) is 14.4. The summed E-state index contributed by atoms with van der Waals surface area (Å²) in [6.07, 6.45) is 6.45. The molecule has 0 aliphatic carbocycles. The first kappa shape index (κ1) is 16.1. The van der Waals surface area contributed by atoms with Crippen molar-refractivity contribution < 1.29 is 0 Å². The summed E-state index contributed by atoms with van der Waals surface area (Å²) in [6, 6.07) is 11.1. The van der Waals surface area contributed by atoms with Crippen molar-refractivity contribution in [2.45, 2.75) is 44.8 Å². The summed E-state index contributed by atoms with van der Waals surface area (Å²) >= 11 is 9.80. The quantitative estimate of drug-likeness (QED) is 0.406. The van der Waals surface area contributed by atoms with Crippen LogP contribution in [-0.2, 0) is 12.2 Å². The van der Waals surface area contributed by atoms with E-state index in [4.69, 9.17) is 0 Å². The Morgan fingerprint density at radius 3 is 2.50 bits per heavy atom. The highest BCUT2D eigenvalue weighted by Gasteiger charge is 2.10. The van der Waals surface area contributed by atoms with Crippen LogP contribution in [0.1, 0.15) is 43.7 Å². The molecule has 2 aromatic rings. The van der Waals surface area contributed by atoms with Gasteiger partial charge in [0.15, 0.2) is 0 Å². The van der Waals surface area contributed by atoms with E-state index in [0.717, 1.165) is 5.75 Å². The van der Waals surface area contributed by atoms with Gasteiger partial charge in [-0.15, -0.1) is 11.3 Å². The van der Waals surface area contributed by atoms with E-state index in [1.54, 1.807) is 0 Å². The molecule has 0 aliphatic heterocycles. The number of thiophene rings is 1. The Balaban J connectivity index is 2.13. The van der Waals surface area contributed by atoms with Gasteiger partial charge in [-0.3, -0.25) is 0 Å². The third-order valence-electron chi connectivity index (χ3n) is 3.48. The van der Waals surface area contributed by atoms with Gasteiger partial charge in [-0.05, 0) is 51.5 Å². The molecular weight excluding hydrogens is 348 g/mol. The molecule has 108 valence electrons. The number of thiol groups is 1. The molecule has 0 atom stereocenters. The number of hydrogen-bond donors (Lipinski definition) is 1. The highest BCUT2D eigenvalue weighted by atomic mass is 79.9. The maximum atomic E-state index is 4.32. The molecule has 1 heterocycles. The minimum atomic E-state index is 0.804. The summed E-state index contributed by atoms with van der Waals surface area (Å²) in [4.78, 5) is 1.42. The molecule has 0 N–H and O–H groups in total. The molecule has 0 saturated carbocycles. The Labute approximate surface area is 140 Å². The third-order valence-corrected chi connectivity index (χ3v) is 5.57.